The van der Waals surface area contributed by atoms with Gasteiger partial charge in [-0.3, -0.25) is 4.90 Å². The lowest BCUT2D eigenvalue weighted by Gasteiger charge is -2.37. The fourth-order valence-electron chi connectivity index (χ4n) is 3.61. The lowest BCUT2D eigenvalue weighted by Crippen LogP contribution is -2.45. The van der Waals surface area contributed by atoms with Crippen LogP contribution >= 0.6 is 23.2 Å². The molecule has 0 bridgehead atoms. The highest BCUT2D eigenvalue weighted by atomic mass is 35.5. The van der Waals surface area contributed by atoms with Gasteiger partial charge in [0.15, 0.2) is 6.10 Å². The minimum absolute atomic E-state index is 0.110. The molecule has 0 N–H and O–H groups in total. The average molecular weight is 428 g/mol. The van der Waals surface area contributed by atoms with E-state index in [2.05, 4.69) is 41.3 Å². The number of rotatable bonds is 6. The quantitative estimate of drug-likeness (QED) is 0.480. The highest BCUT2D eigenvalue weighted by Crippen LogP contribution is 2.34. The van der Waals surface area contributed by atoms with Gasteiger partial charge in [-0.25, -0.2) is 0 Å². The Morgan fingerprint density at radius 2 is 1.69 bits per heavy atom. The van der Waals surface area contributed by atoms with E-state index in [1.807, 2.05) is 30.3 Å². The van der Waals surface area contributed by atoms with Crippen LogP contribution in [0.3, 0.4) is 0 Å². The minimum Gasteiger partial charge on any atom is -0.481 e. The van der Waals surface area contributed by atoms with Gasteiger partial charge in [0.25, 0.3) is 0 Å². The Labute approximate surface area is 181 Å². The Hall–Kier alpha value is -2.04. The van der Waals surface area contributed by atoms with E-state index in [0.717, 1.165) is 25.2 Å². The lowest BCUT2D eigenvalue weighted by molar-refractivity contribution is -0.0838. The predicted molar refractivity (Wildman–Crippen MR) is 118 cm³/mol. The van der Waals surface area contributed by atoms with Crippen LogP contribution in [0.25, 0.3) is 0 Å². The van der Waals surface area contributed by atoms with Gasteiger partial charge in [-0.15, -0.1) is 0 Å². The molecule has 150 valence electrons. The first kappa shape index (κ1) is 20.2. The van der Waals surface area contributed by atoms with Gasteiger partial charge in [-0.1, -0.05) is 83.9 Å². The van der Waals surface area contributed by atoms with Crippen LogP contribution in [0.4, 0.5) is 0 Å². The zero-order valence-electron chi connectivity index (χ0n) is 16.0. The third-order valence-corrected chi connectivity index (χ3v) is 5.57. The highest BCUT2D eigenvalue weighted by molar-refractivity contribution is 6.35. The van der Waals surface area contributed by atoms with Gasteiger partial charge in [0.2, 0.25) is 0 Å². The molecule has 3 aromatic rings. The fraction of sp³-hybridized carbons (Fsp3) is 0.250. The Kier molecular flexibility index (Phi) is 6.73. The van der Waals surface area contributed by atoms with Gasteiger partial charge in [0, 0.05) is 24.7 Å². The molecule has 29 heavy (non-hydrogen) atoms. The smallest absolute Gasteiger partial charge is 0.151 e. The lowest BCUT2D eigenvalue weighted by atomic mass is 10.0. The van der Waals surface area contributed by atoms with Crippen molar-refractivity contribution >= 4 is 23.2 Å². The first-order valence-corrected chi connectivity index (χ1v) is 10.5. The molecule has 1 fully saturated rings. The monoisotopic (exact) mass is 427 g/mol. The van der Waals surface area contributed by atoms with E-state index in [1.54, 1.807) is 12.1 Å². The van der Waals surface area contributed by atoms with Crippen LogP contribution in [-0.2, 0) is 11.3 Å². The zero-order valence-corrected chi connectivity index (χ0v) is 17.5. The van der Waals surface area contributed by atoms with E-state index in [9.17, 15) is 0 Å². The molecule has 3 aromatic carbocycles. The first-order valence-electron chi connectivity index (χ1n) is 9.73. The van der Waals surface area contributed by atoms with Crippen molar-refractivity contribution in [2.45, 2.75) is 18.8 Å². The fourth-order valence-corrected chi connectivity index (χ4v) is 4.06. The van der Waals surface area contributed by atoms with Gasteiger partial charge in [0.05, 0.1) is 11.6 Å². The molecule has 5 heteroatoms. The molecule has 2 atom stereocenters. The Balaban J connectivity index is 1.55. The van der Waals surface area contributed by atoms with Crippen molar-refractivity contribution in [3.05, 3.63) is 100 Å². The van der Waals surface area contributed by atoms with Crippen LogP contribution in [-0.4, -0.2) is 30.7 Å². The second-order valence-electron chi connectivity index (χ2n) is 7.15. The second kappa shape index (κ2) is 9.64. The van der Waals surface area contributed by atoms with Gasteiger partial charge < -0.3 is 9.47 Å². The van der Waals surface area contributed by atoms with E-state index >= 15 is 0 Å². The van der Waals surface area contributed by atoms with Gasteiger partial charge in [0.1, 0.15) is 11.9 Å². The average Bonchev–Trinajstić information content (AvgIpc) is 2.75. The number of ether oxygens (including phenoxy) is 2. The summed E-state index contributed by atoms with van der Waals surface area (Å²) in [7, 11) is 0. The van der Waals surface area contributed by atoms with E-state index in [-0.39, 0.29) is 12.2 Å². The summed E-state index contributed by atoms with van der Waals surface area (Å²) < 4.78 is 12.5. The predicted octanol–water partition coefficient (Wildman–Crippen LogP) is 6.01. The number of morpholine rings is 1. The molecule has 2 unspecified atom stereocenters. The maximum Gasteiger partial charge on any atom is 0.151 e. The Bertz CT molecular complexity index is 921. The zero-order chi connectivity index (χ0) is 20.1. The molecular weight excluding hydrogens is 405 g/mol. The number of nitrogens with zero attached hydrogens (tertiary/aromatic N) is 1. The summed E-state index contributed by atoms with van der Waals surface area (Å²) in [5, 5.41) is 1.08. The Morgan fingerprint density at radius 1 is 0.966 bits per heavy atom. The van der Waals surface area contributed by atoms with Gasteiger partial charge in [-0.2, -0.15) is 0 Å². The van der Waals surface area contributed by atoms with E-state index in [1.165, 1.54) is 5.56 Å². The molecule has 0 aromatic heterocycles. The van der Waals surface area contributed by atoms with Crippen LogP contribution in [0.5, 0.6) is 5.75 Å². The van der Waals surface area contributed by atoms with Crippen LogP contribution in [0.15, 0.2) is 78.9 Å². The van der Waals surface area contributed by atoms with Crippen molar-refractivity contribution in [1.82, 2.24) is 4.90 Å². The third kappa shape index (κ3) is 5.31. The van der Waals surface area contributed by atoms with E-state index < -0.39 is 0 Å². The molecule has 4 rings (SSSR count). The summed E-state index contributed by atoms with van der Waals surface area (Å²) in [4.78, 5) is 2.41. The molecule has 0 aliphatic carbocycles. The number of hydrogen-bond donors (Lipinski definition) is 0. The molecule has 3 nitrogen and oxygen atoms in total. The van der Waals surface area contributed by atoms with Crippen LogP contribution in [0, 0.1) is 0 Å². The molecule has 1 saturated heterocycles. The SMILES string of the molecule is Clc1ccc(OC(c2ccccc2)C2CN(Cc3ccccc3)CCO2)c(Cl)c1. The molecule has 0 amide bonds. The molecular formula is C24H23Cl2NO2. The summed E-state index contributed by atoms with van der Waals surface area (Å²) in [5.41, 5.74) is 2.36. The summed E-state index contributed by atoms with van der Waals surface area (Å²) in [5.74, 6) is 0.605. The number of hydrogen-bond acceptors (Lipinski definition) is 3. The second-order valence-corrected chi connectivity index (χ2v) is 8.00. The first-order chi connectivity index (χ1) is 14.2. The van der Waals surface area contributed by atoms with Gasteiger partial charge in [-0.05, 0) is 29.3 Å². The maximum absolute atomic E-state index is 6.38. The molecule has 1 heterocycles. The molecule has 1 aliphatic rings. The summed E-state index contributed by atoms with van der Waals surface area (Å²) >= 11 is 12.4. The largest absolute Gasteiger partial charge is 0.481 e. The van der Waals surface area contributed by atoms with Crippen molar-refractivity contribution in [2.75, 3.05) is 19.7 Å². The molecule has 0 saturated carbocycles. The summed E-state index contributed by atoms with van der Waals surface area (Å²) in [6, 6.07) is 26.0. The number of halogens is 2. The molecule has 1 aliphatic heterocycles. The van der Waals surface area contributed by atoms with E-state index in [0.29, 0.717) is 22.4 Å². The normalized spacial score (nSPS) is 18.3. The molecule has 0 radical (unpaired) electrons. The topological polar surface area (TPSA) is 21.7 Å². The summed E-state index contributed by atoms with van der Waals surface area (Å²) in [6.07, 6.45) is -0.380. The van der Waals surface area contributed by atoms with Crippen LogP contribution < -0.4 is 4.74 Å². The third-order valence-electron chi connectivity index (χ3n) is 5.04. The standard InChI is InChI=1S/C24H23Cl2NO2/c25-20-11-12-22(21(26)15-20)29-24(19-9-5-2-6-10-19)23-17-27(13-14-28-23)16-18-7-3-1-4-8-18/h1-12,15,23-24H,13-14,16-17H2. The summed E-state index contributed by atoms with van der Waals surface area (Å²) in [6.45, 7) is 3.23. The Morgan fingerprint density at radius 3 is 2.41 bits per heavy atom. The van der Waals surface area contributed by atoms with Crippen molar-refractivity contribution in [1.29, 1.82) is 0 Å². The van der Waals surface area contributed by atoms with Crippen molar-refractivity contribution in [3.8, 4) is 5.75 Å². The highest BCUT2D eigenvalue weighted by Gasteiger charge is 2.31. The van der Waals surface area contributed by atoms with Gasteiger partial charge >= 0.3 is 0 Å². The maximum atomic E-state index is 6.38. The van der Waals surface area contributed by atoms with E-state index in [4.69, 9.17) is 32.7 Å². The minimum atomic E-state index is -0.270. The van der Waals surface area contributed by atoms with Crippen LogP contribution in [0.2, 0.25) is 10.0 Å². The number of benzene rings is 3. The van der Waals surface area contributed by atoms with Crippen molar-refractivity contribution in [2.24, 2.45) is 0 Å². The molecule has 0 spiro atoms. The van der Waals surface area contributed by atoms with Crippen LogP contribution in [0.1, 0.15) is 17.2 Å². The van der Waals surface area contributed by atoms with Crippen molar-refractivity contribution < 1.29 is 9.47 Å². The van der Waals surface area contributed by atoms with Crippen molar-refractivity contribution in [3.63, 3.8) is 0 Å².